The fourth-order valence-electron chi connectivity index (χ4n) is 1.89. The Hall–Kier alpha value is -2.08. The topological polar surface area (TPSA) is 81.7 Å². The van der Waals surface area contributed by atoms with E-state index in [0.29, 0.717) is 11.4 Å². The van der Waals surface area contributed by atoms with Crippen LogP contribution in [0.4, 0.5) is 0 Å². The van der Waals surface area contributed by atoms with Gasteiger partial charge in [0.25, 0.3) is 5.91 Å². The first-order valence-electron chi connectivity index (χ1n) is 7.13. The van der Waals surface area contributed by atoms with Gasteiger partial charge in [-0.1, -0.05) is 31.5 Å². The molecule has 0 radical (unpaired) electrons. The molecular weight excluding hydrogens is 322 g/mol. The highest BCUT2D eigenvalue weighted by Gasteiger charge is 2.23. The van der Waals surface area contributed by atoms with Crippen LogP contribution in [0.5, 0.6) is 0 Å². The summed E-state index contributed by atoms with van der Waals surface area (Å²) in [6.07, 6.45) is 0.431. The third-order valence-corrected chi connectivity index (χ3v) is 3.16. The van der Waals surface area contributed by atoms with Gasteiger partial charge in [-0.2, -0.15) is 0 Å². The van der Waals surface area contributed by atoms with Crippen molar-refractivity contribution < 1.29 is 23.9 Å². The second kappa shape index (κ2) is 9.15. The predicted octanol–water partition coefficient (Wildman–Crippen LogP) is 2.20. The maximum atomic E-state index is 11.8. The minimum absolute atomic E-state index is 0.188. The van der Waals surface area contributed by atoms with E-state index < -0.39 is 30.5 Å². The first-order chi connectivity index (χ1) is 10.8. The van der Waals surface area contributed by atoms with Gasteiger partial charge < -0.3 is 14.8 Å². The molecule has 7 heteroatoms. The summed E-state index contributed by atoms with van der Waals surface area (Å²) in [5.41, 5.74) is 0.247. The molecule has 0 unspecified atom stereocenters. The van der Waals surface area contributed by atoms with Gasteiger partial charge in [-0.3, -0.25) is 4.79 Å². The van der Waals surface area contributed by atoms with Crippen LogP contribution in [0.2, 0.25) is 5.02 Å². The highest BCUT2D eigenvalue weighted by atomic mass is 35.5. The second-order valence-corrected chi connectivity index (χ2v) is 5.80. The number of esters is 2. The number of hydrogen-bond donors (Lipinski definition) is 1. The summed E-state index contributed by atoms with van der Waals surface area (Å²) in [5, 5.41) is 2.90. The molecule has 1 rings (SSSR count). The molecule has 1 aromatic carbocycles. The average molecular weight is 342 g/mol. The molecule has 1 amide bonds. The Morgan fingerprint density at radius 3 is 2.52 bits per heavy atom. The van der Waals surface area contributed by atoms with Gasteiger partial charge in [0.15, 0.2) is 6.61 Å². The van der Waals surface area contributed by atoms with Gasteiger partial charge in [0.1, 0.15) is 6.04 Å². The lowest BCUT2D eigenvalue weighted by atomic mass is 10.0. The molecule has 0 fully saturated rings. The number of rotatable bonds is 7. The minimum Gasteiger partial charge on any atom is -0.467 e. The van der Waals surface area contributed by atoms with E-state index in [1.807, 2.05) is 13.8 Å². The molecule has 0 aliphatic rings. The van der Waals surface area contributed by atoms with Crippen LogP contribution in [0.1, 0.15) is 30.6 Å². The van der Waals surface area contributed by atoms with E-state index >= 15 is 0 Å². The van der Waals surface area contributed by atoms with Crippen LogP contribution in [0, 0.1) is 5.92 Å². The smallest absolute Gasteiger partial charge is 0.338 e. The SMILES string of the molecule is COC(=O)[C@H](CC(C)C)NC(=O)COC(=O)c1cccc(Cl)c1. The lowest BCUT2D eigenvalue weighted by Gasteiger charge is -2.18. The Bertz CT molecular complexity index is 573. The molecule has 0 spiro atoms. The Morgan fingerprint density at radius 1 is 1.26 bits per heavy atom. The lowest BCUT2D eigenvalue weighted by Crippen LogP contribution is -2.44. The number of halogens is 1. The Morgan fingerprint density at radius 2 is 1.96 bits per heavy atom. The highest BCUT2D eigenvalue weighted by Crippen LogP contribution is 2.11. The molecule has 0 heterocycles. The molecule has 1 atom stereocenters. The number of hydrogen-bond acceptors (Lipinski definition) is 5. The van der Waals surface area contributed by atoms with Crippen molar-refractivity contribution in [1.82, 2.24) is 5.32 Å². The number of nitrogens with one attached hydrogen (secondary N) is 1. The van der Waals surface area contributed by atoms with Gasteiger partial charge in [0, 0.05) is 5.02 Å². The highest BCUT2D eigenvalue weighted by molar-refractivity contribution is 6.30. The molecule has 6 nitrogen and oxygen atoms in total. The third kappa shape index (κ3) is 6.69. The fourth-order valence-corrected chi connectivity index (χ4v) is 2.08. The van der Waals surface area contributed by atoms with Gasteiger partial charge in [-0.25, -0.2) is 9.59 Å². The van der Waals surface area contributed by atoms with Crippen molar-refractivity contribution in [2.45, 2.75) is 26.3 Å². The monoisotopic (exact) mass is 341 g/mol. The zero-order valence-corrected chi connectivity index (χ0v) is 14.1. The molecule has 0 aliphatic heterocycles. The Labute approximate surface area is 140 Å². The maximum absolute atomic E-state index is 11.8. The Kier molecular flexibility index (Phi) is 7.54. The number of amides is 1. The first-order valence-corrected chi connectivity index (χ1v) is 7.51. The molecule has 0 saturated carbocycles. The lowest BCUT2D eigenvalue weighted by molar-refractivity contribution is -0.145. The molecule has 1 N–H and O–H groups in total. The van der Waals surface area contributed by atoms with E-state index in [4.69, 9.17) is 16.3 Å². The summed E-state index contributed by atoms with van der Waals surface area (Å²) in [7, 11) is 1.25. The summed E-state index contributed by atoms with van der Waals surface area (Å²) in [6, 6.07) is 5.43. The maximum Gasteiger partial charge on any atom is 0.338 e. The normalized spacial score (nSPS) is 11.7. The van der Waals surface area contributed by atoms with Crippen LogP contribution in [0.15, 0.2) is 24.3 Å². The Balaban J connectivity index is 2.54. The van der Waals surface area contributed by atoms with Crippen LogP contribution in [0.25, 0.3) is 0 Å². The zero-order valence-electron chi connectivity index (χ0n) is 13.3. The third-order valence-electron chi connectivity index (χ3n) is 2.92. The number of methoxy groups -OCH3 is 1. The molecule has 23 heavy (non-hydrogen) atoms. The number of ether oxygens (including phenoxy) is 2. The van der Waals surface area contributed by atoms with Gasteiger partial charge in [0.2, 0.25) is 0 Å². The van der Waals surface area contributed by atoms with Crippen molar-refractivity contribution in [2.75, 3.05) is 13.7 Å². The van der Waals surface area contributed by atoms with Crippen molar-refractivity contribution >= 4 is 29.4 Å². The van der Waals surface area contributed by atoms with Gasteiger partial charge in [-0.15, -0.1) is 0 Å². The van der Waals surface area contributed by atoms with Crippen LogP contribution in [-0.4, -0.2) is 37.6 Å². The molecule has 1 aromatic rings. The van der Waals surface area contributed by atoms with Crippen molar-refractivity contribution in [3.63, 3.8) is 0 Å². The summed E-state index contributed by atoms with van der Waals surface area (Å²) in [4.78, 5) is 35.3. The van der Waals surface area contributed by atoms with E-state index in [1.165, 1.54) is 19.2 Å². The fraction of sp³-hybridized carbons (Fsp3) is 0.438. The standard InChI is InChI=1S/C16H20ClNO5/c1-10(2)7-13(16(21)22-3)18-14(19)9-23-15(20)11-5-4-6-12(17)8-11/h4-6,8,10,13H,7,9H2,1-3H3,(H,18,19)/t13-/m0/s1. The van der Waals surface area contributed by atoms with Crippen molar-refractivity contribution in [3.05, 3.63) is 34.9 Å². The van der Waals surface area contributed by atoms with Crippen molar-refractivity contribution in [1.29, 1.82) is 0 Å². The summed E-state index contributed by atoms with van der Waals surface area (Å²) in [5.74, 6) is -1.58. The molecule has 126 valence electrons. The zero-order chi connectivity index (χ0) is 17.4. The van der Waals surface area contributed by atoms with Crippen molar-refractivity contribution in [2.24, 2.45) is 5.92 Å². The molecular formula is C16H20ClNO5. The summed E-state index contributed by atoms with van der Waals surface area (Å²) >= 11 is 5.78. The van der Waals surface area contributed by atoms with Crippen LogP contribution in [-0.2, 0) is 19.1 Å². The van der Waals surface area contributed by atoms with Gasteiger partial charge >= 0.3 is 11.9 Å². The van der Waals surface area contributed by atoms with E-state index in [9.17, 15) is 14.4 Å². The second-order valence-electron chi connectivity index (χ2n) is 5.36. The molecule has 0 saturated heterocycles. The molecule has 0 aliphatic carbocycles. The number of carbonyl (C=O) groups excluding carboxylic acids is 3. The average Bonchev–Trinajstić information content (AvgIpc) is 2.50. The van der Waals surface area contributed by atoms with Crippen LogP contribution in [0.3, 0.4) is 0 Å². The summed E-state index contributed by atoms with van der Waals surface area (Å²) in [6.45, 7) is 3.35. The van der Waals surface area contributed by atoms with E-state index in [0.717, 1.165) is 0 Å². The summed E-state index contributed by atoms with van der Waals surface area (Å²) < 4.78 is 9.55. The van der Waals surface area contributed by atoms with Gasteiger partial charge in [-0.05, 0) is 30.5 Å². The van der Waals surface area contributed by atoms with Crippen LogP contribution < -0.4 is 5.32 Å². The predicted molar refractivity (Wildman–Crippen MR) is 85.1 cm³/mol. The minimum atomic E-state index is -0.766. The number of carbonyl (C=O) groups is 3. The largest absolute Gasteiger partial charge is 0.467 e. The van der Waals surface area contributed by atoms with E-state index in [2.05, 4.69) is 10.1 Å². The molecule has 0 aromatic heterocycles. The first kappa shape index (κ1) is 19.0. The van der Waals surface area contributed by atoms with Crippen molar-refractivity contribution in [3.8, 4) is 0 Å². The van der Waals surface area contributed by atoms with E-state index in [1.54, 1.807) is 12.1 Å². The quantitative estimate of drug-likeness (QED) is 0.769. The van der Waals surface area contributed by atoms with E-state index in [-0.39, 0.29) is 11.5 Å². The van der Waals surface area contributed by atoms with Crippen LogP contribution >= 0.6 is 11.6 Å². The molecule has 0 bridgehead atoms. The number of benzene rings is 1. The van der Waals surface area contributed by atoms with Gasteiger partial charge in [0.05, 0.1) is 12.7 Å².